The number of hydrogen-bond donors (Lipinski definition) is 1. The van der Waals surface area contributed by atoms with Crippen LogP contribution in [0.5, 0.6) is 0 Å². The van der Waals surface area contributed by atoms with Crippen molar-refractivity contribution in [1.29, 1.82) is 0 Å². The van der Waals surface area contributed by atoms with E-state index in [0.717, 1.165) is 15.2 Å². The number of benzene rings is 2. The molecule has 0 aliphatic rings. The Labute approximate surface area is 131 Å². The second kappa shape index (κ2) is 6.10. The highest BCUT2D eigenvalue weighted by Gasteiger charge is 2.18. The summed E-state index contributed by atoms with van der Waals surface area (Å²) >= 11 is 7.51. The number of halogens is 2. The van der Waals surface area contributed by atoms with Crippen LogP contribution in [0.15, 0.2) is 42.5 Å². The van der Waals surface area contributed by atoms with Crippen molar-refractivity contribution in [3.8, 4) is 0 Å². The first kappa shape index (κ1) is 14.4. The average Bonchev–Trinajstić information content (AvgIpc) is 2.90. The number of aromatic nitrogens is 1. The topological polar surface area (TPSA) is 24.9 Å². The van der Waals surface area contributed by atoms with Crippen LogP contribution in [0.1, 0.15) is 16.6 Å². The maximum absolute atomic E-state index is 14.2. The van der Waals surface area contributed by atoms with Crippen molar-refractivity contribution in [3.05, 3.63) is 63.9 Å². The van der Waals surface area contributed by atoms with Gasteiger partial charge in [0, 0.05) is 18.0 Å². The Hall–Kier alpha value is -1.49. The summed E-state index contributed by atoms with van der Waals surface area (Å²) in [5.41, 5.74) is 1.56. The number of fused-ring (bicyclic) bond motifs is 1. The fraction of sp³-hybridized carbons (Fsp3) is 0.188. The quantitative estimate of drug-likeness (QED) is 0.760. The molecule has 1 atom stereocenters. The van der Waals surface area contributed by atoms with Crippen LogP contribution in [0.2, 0.25) is 5.02 Å². The second-order valence-electron chi connectivity index (χ2n) is 4.76. The molecule has 0 fully saturated rings. The molecule has 108 valence electrons. The summed E-state index contributed by atoms with van der Waals surface area (Å²) in [5, 5.41) is 4.28. The summed E-state index contributed by atoms with van der Waals surface area (Å²) in [6.45, 7) is 0. The van der Waals surface area contributed by atoms with E-state index in [-0.39, 0.29) is 16.9 Å². The van der Waals surface area contributed by atoms with Gasteiger partial charge in [-0.2, -0.15) is 0 Å². The van der Waals surface area contributed by atoms with Gasteiger partial charge in [0.2, 0.25) is 0 Å². The predicted molar refractivity (Wildman–Crippen MR) is 86.5 cm³/mol. The molecule has 3 rings (SSSR count). The molecule has 5 heteroatoms. The minimum Gasteiger partial charge on any atom is -0.313 e. The van der Waals surface area contributed by atoms with Crippen LogP contribution in [0.25, 0.3) is 10.2 Å². The zero-order valence-electron chi connectivity index (χ0n) is 11.4. The Kier molecular flexibility index (Phi) is 4.19. The molecule has 0 bridgehead atoms. The summed E-state index contributed by atoms with van der Waals surface area (Å²) in [6.07, 6.45) is 0.632. The molecule has 1 N–H and O–H groups in total. The lowest BCUT2D eigenvalue weighted by Gasteiger charge is -2.16. The first-order valence-corrected chi connectivity index (χ1v) is 7.84. The molecule has 0 saturated heterocycles. The maximum Gasteiger partial charge on any atom is 0.146 e. The Bertz CT molecular complexity index is 739. The molecule has 21 heavy (non-hydrogen) atoms. The van der Waals surface area contributed by atoms with Gasteiger partial charge in [0.1, 0.15) is 5.82 Å². The van der Waals surface area contributed by atoms with Crippen LogP contribution in [-0.2, 0) is 6.42 Å². The number of hydrogen-bond acceptors (Lipinski definition) is 3. The largest absolute Gasteiger partial charge is 0.313 e. The zero-order chi connectivity index (χ0) is 14.8. The van der Waals surface area contributed by atoms with E-state index in [1.165, 1.54) is 0 Å². The molecule has 3 aromatic rings. The van der Waals surface area contributed by atoms with Gasteiger partial charge in [0.15, 0.2) is 0 Å². The van der Waals surface area contributed by atoms with E-state index in [2.05, 4.69) is 10.3 Å². The summed E-state index contributed by atoms with van der Waals surface area (Å²) < 4.78 is 15.3. The number of para-hydroxylation sites is 1. The number of rotatable bonds is 4. The standard InChI is InChI=1S/C16H14ClFN2S/c1-19-13(10-5-4-6-11(17)16(10)18)9-15-20-12-7-2-3-8-14(12)21-15/h2-8,13,19H,9H2,1H3. The molecule has 1 unspecified atom stereocenters. The highest BCUT2D eigenvalue weighted by molar-refractivity contribution is 7.18. The first-order valence-electron chi connectivity index (χ1n) is 6.64. The summed E-state index contributed by atoms with van der Waals surface area (Å²) in [7, 11) is 1.82. The van der Waals surface area contributed by atoms with Gasteiger partial charge in [-0.25, -0.2) is 9.37 Å². The number of nitrogens with zero attached hydrogens (tertiary/aromatic N) is 1. The third-order valence-corrected chi connectivity index (χ3v) is 4.77. The van der Waals surface area contributed by atoms with Gasteiger partial charge in [0.25, 0.3) is 0 Å². The van der Waals surface area contributed by atoms with E-state index >= 15 is 0 Å². The van der Waals surface area contributed by atoms with E-state index in [9.17, 15) is 4.39 Å². The van der Waals surface area contributed by atoms with Crippen LogP contribution in [0, 0.1) is 5.82 Å². The van der Waals surface area contributed by atoms with Crippen molar-refractivity contribution in [3.63, 3.8) is 0 Å². The fourth-order valence-corrected chi connectivity index (χ4v) is 3.53. The van der Waals surface area contributed by atoms with Gasteiger partial charge in [-0.05, 0) is 25.2 Å². The normalized spacial score (nSPS) is 12.7. The Morgan fingerprint density at radius 3 is 2.81 bits per heavy atom. The molecule has 0 spiro atoms. The van der Waals surface area contributed by atoms with Gasteiger partial charge in [0.05, 0.1) is 20.2 Å². The Morgan fingerprint density at radius 1 is 1.24 bits per heavy atom. The molecule has 0 amide bonds. The Morgan fingerprint density at radius 2 is 2.05 bits per heavy atom. The summed E-state index contributed by atoms with van der Waals surface area (Å²) in [5.74, 6) is -0.361. The first-order chi connectivity index (χ1) is 10.2. The minimum absolute atomic E-state index is 0.149. The predicted octanol–water partition coefficient (Wildman–Crippen LogP) is 4.59. The van der Waals surface area contributed by atoms with Crippen molar-refractivity contribution in [2.24, 2.45) is 0 Å². The van der Waals surface area contributed by atoms with Crippen LogP contribution >= 0.6 is 22.9 Å². The fourth-order valence-electron chi connectivity index (χ4n) is 2.34. The monoisotopic (exact) mass is 320 g/mol. The van der Waals surface area contributed by atoms with Crippen molar-refractivity contribution in [2.45, 2.75) is 12.5 Å². The van der Waals surface area contributed by atoms with Gasteiger partial charge >= 0.3 is 0 Å². The highest BCUT2D eigenvalue weighted by atomic mass is 35.5. The van der Waals surface area contributed by atoms with E-state index in [1.54, 1.807) is 29.5 Å². The molecule has 2 nitrogen and oxygen atoms in total. The van der Waals surface area contributed by atoms with Crippen molar-refractivity contribution in [1.82, 2.24) is 10.3 Å². The van der Waals surface area contributed by atoms with Crippen LogP contribution in [0.3, 0.4) is 0 Å². The average molecular weight is 321 g/mol. The third kappa shape index (κ3) is 2.93. The van der Waals surface area contributed by atoms with E-state index < -0.39 is 0 Å². The molecule has 0 saturated carbocycles. The lowest BCUT2D eigenvalue weighted by atomic mass is 10.0. The van der Waals surface area contributed by atoms with Crippen LogP contribution < -0.4 is 5.32 Å². The zero-order valence-corrected chi connectivity index (χ0v) is 13.0. The summed E-state index contributed by atoms with van der Waals surface area (Å²) in [6, 6.07) is 12.9. The number of likely N-dealkylation sites (N-methyl/N-ethyl adjacent to an activating group) is 1. The molecule has 1 heterocycles. The molecule has 0 aliphatic heterocycles. The van der Waals surface area contributed by atoms with Crippen molar-refractivity contribution in [2.75, 3.05) is 7.05 Å². The molecule has 2 aromatic carbocycles. The van der Waals surface area contributed by atoms with Gasteiger partial charge in [-0.1, -0.05) is 35.9 Å². The van der Waals surface area contributed by atoms with E-state index in [0.29, 0.717) is 12.0 Å². The number of thiazole rings is 1. The van der Waals surface area contributed by atoms with Crippen LogP contribution in [-0.4, -0.2) is 12.0 Å². The highest BCUT2D eigenvalue weighted by Crippen LogP contribution is 2.29. The Balaban J connectivity index is 1.92. The van der Waals surface area contributed by atoms with Crippen LogP contribution in [0.4, 0.5) is 4.39 Å². The summed E-state index contributed by atoms with van der Waals surface area (Å²) in [4.78, 5) is 4.60. The number of nitrogens with one attached hydrogen (secondary N) is 1. The maximum atomic E-state index is 14.2. The third-order valence-electron chi connectivity index (χ3n) is 3.42. The van der Waals surface area contributed by atoms with Crippen molar-refractivity contribution >= 4 is 33.2 Å². The van der Waals surface area contributed by atoms with E-state index in [1.807, 2.05) is 31.3 Å². The molecule has 0 aliphatic carbocycles. The lowest BCUT2D eigenvalue weighted by molar-refractivity contribution is 0.534. The van der Waals surface area contributed by atoms with Gasteiger partial charge in [-0.15, -0.1) is 11.3 Å². The molecule has 1 aromatic heterocycles. The van der Waals surface area contributed by atoms with Gasteiger partial charge < -0.3 is 5.32 Å². The SMILES string of the molecule is CNC(Cc1nc2ccccc2s1)c1cccc(Cl)c1F. The molecular formula is C16H14ClFN2S. The minimum atomic E-state index is -0.361. The molecule has 0 radical (unpaired) electrons. The second-order valence-corrected chi connectivity index (χ2v) is 6.29. The van der Waals surface area contributed by atoms with Gasteiger partial charge in [-0.3, -0.25) is 0 Å². The van der Waals surface area contributed by atoms with E-state index in [4.69, 9.17) is 11.6 Å². The smallest absolute Gasteiger partial charge is 0.146 e. The molecular weight excluding hydrogens is 307 g/mol. The van der Waals surface area contributed by atoms with Crippen molar-refractivity contribution < 1.29 is 4.39 Å². The lowest BCUT2D eigenvalue weighted by Crippen LogP contribution is -2.20.